The van der Waals surface area contributed by atoms with Crippen LogP contribution in [0.4, 0.5) is 0 Å². The van der Waals surface area contributed by atoms with Crippen LogP contribution in [0.3, 0.4) is 0 Å². The van der Waals surface area contributed by atoms with Crippen molar-refractivity contribution >= 4 is 0 Å². The third-order valence-corrected chi connectivity index (χ3v) is 7.45. The van der Waals surface area contributed by atoms with Crippen LogP contribution in [-0.2, 0) is 5.41 Å². The molecule has 0 saturated heterocycles. The van der Waals surface area contributed by atoms with Gasteiger partial charge in [0.15, 0.2) is 0 Å². The van der Waals surface area contributed by atoms with Gasteiger partial charge in [-0.2, -0.15) is 0 Å². The Morgan fingerprint density at radius 3 is 1.48 bits per heavy atom. The summed E-state index contributed by atoms with van der Waals surface area (Å²) in [6.45, 7) is 2.40. The zero-order valence-corrected chi connectivity index (χ0v) is 16.4. The summed E-state index contributed by atoms with van der Waals surface area (Å²) in [6, 6.07) is 15.6. The number of hydrogen-bond acceptors (Lipinski definition) is 2. The molecule has 2 aliphatic rings. The third-order valence-electron chi connectivity index (χ3n) is 7.45. The van der Waals surface area contributed by atoms with Gasteiger partial charge in [-0.25, -0.2) is 0 Å². The van der Waals surface area contributed by atoms with Crippen LogP contribution in [0, 0.1) is 17.8 Å². The van der Waals surface area contributed by atoms with Gasteiger partial charge in [-0.1, -0.05) is 44.0 Å². The molecule has 2 aromatic carbocycles. The molecule has 27 heavy (non-hydrogen) atoms. The lowest BCUT2D eigenvalue weighted by atomic mass is 9.60. The van der Waals surface area contributed by atoms with Crippen molar-refractivity contribution in [2.24, 2.45) is 17.8 Å². The molecule has 0 spiro atoms. The minimum absolute atomic E-state index is 0.000140. The lowest BCUT2D eigenvalue weighted by molar-refractivity contribution is 0.147. The van der Waals surface area contributed by atoms with Gasteiger partial charge in [0.2, 0.25) is 0 Å². The average Bonchev–Trinajstić information content (AvgIpc) is 2.70. The molecule has 0 unspecified atom stereocenters. The largest absolute Gasteiger partial charge is 0.508 e. The minimum atomic E-state index is -0.000140. The Labute approximate surface area is 163 Å². The van der Waals surface area contributed by atoms with Gasteiger partial charge in [0.25, 0.3) is 0 Å². The van der Waals surface area contributed by atoms with Gasteiger partial charge >= 0.3 is 0 Å². The fourth-order valence-electron chi connectivity index (χ4n) is 5.67. The van der Waals surface area contributed by atoms with Gasteiger partial charge in [-0.15, -0.1) is 0 Å². The van der Waals surface area contributed by atoms with Crippen LogP contribution in [0.15, 0.2) is 48.5 Å². The van der Waals surface area contributed by atoms with Crippen LogP contribution in [0.5, 0.6) is 11.5 Å². The molecular weight excluding hydrogens is 332 g/mol. The smallest absolute Gasteiger partial charge is 0.115 e. The van der Waals surface area contributed by atoms with Crippen molar-refractivity contribution in [3.05, 3.63) is 59.7 Å². The highest BCUT2D eigenvalue weighted by Gasteiger charge is 2.40. The predicted molar refractivity (Wildman–Crippen MR) is 110 cm³/mol. The topological polar surface area (TPSA) is 40.5 Å². The lowest BCUT2D eigenvalue weighted by Gasteiger charge is -2.44. The van der Waals surface area contributed by atoms with Crippen LogP contribution in [0.1, 0.15) is 69.4 Å². The van der Waals surface area contributed by atoms with E-state index in [2.05, 4.69) is 31.2 Å². The lowest BCUT2D eigenvalue weighted by Crippen LogP contribution is -2.35. The number of aromatic hydroxyl groups is 2. The van der Waals surface area contributed by atoms with E-state index in [1.165, 1.54) is 49.7 Å². The van der Waals surface area contributed by atoms with E-state index in [0.717, 1.165) is 30.6 Å². The molecule has 0 atom stereocenters. The van der Waals surface area contributed by atoms with E-state index in [0.29, 0.717) is 11.5 Å². The summed E-state index contributed by atoms with van der Waals surface area (Å²) in [5, 5.41) is 19.5. The Morgan fingerprint density at radius 1 is 0.630 bits per heavy atom. The van der Waals surface area contributed by atoms with E-state index in [1.807, 2.05) is 24.3 Å². The number of benzene rings is 2. The monoisotopic (exact) mass is 364 g/mol. The second-order valence-corrected chi connectivity index (χ2v) is 9.03. The van der Waals surface area contributed by atoms with Crippen molar-refractivity contribution < 1.29 is 10.2 Å². The van der Waals surface area contributed by atoms with E-state index < -0.39 is 0 Å². The van der Waals surface area contributed by atoms with Gasteiger partial charge in [-0.3, -0.25) is 0 Å². The molecule has 2 nitrogen and oxygen atoms in total. The molecule has 0 aliphatic heterocycles. The maximum absolute atomic E-state index is 9.75. The summed E-state index contributed by atoms with van der Waals surface area (Å²) in [7, 11) is 0. The van der Waals surface area contributed by atoms with E-state index in [1.54, 1.807) is 0 Å². The van der Waals surface area contributed by atoms with Gasteiger partial charge in [0.1, 0.15) is 11.5 Å². The summed E-state index contributed by atoms with van der Waals surface area (Å²) in [6.07, 6.45) is 10.5. The number of phenols is 2. The van der Waals surface area contributed by atoms with Crippen molar-refractivity contribution in [3.63, 3.8) is 0 Å². The van der Waals surface area contributed by atoms with Crippen molar-refractivity contribution in [1.82, 2.24) is 0 Å². The number of phenolic OH excluding ortho intramolecular Hbond substituents is 2. The highest BCUT2D eigenvalue weighted by atomic mass is 16.3. The average molecular weight is 365 g/mol. The molecule has 144 valence electrons. The van der Waals surface area contributed by atoms with Crippen molar-refractivity contribution in [1.29, 1.82) is 0 Å². The van der Waals surface area contributed by atoms with Crippen molar-refractivity contribution in [2.75, 3.05) is 0 Å². The summed E-state index contributed by atoms with van der Waals surface area (Å²) >= 11 is 0. The standard InChI is InChI=1S/C25H32O2/c1-18-2-4-19(5-3-18)20-14-16-25(17-15-20,21-6-10-23(26)11-7-21)22-8-12-24(27)13-9-22/h6-13,18-20,26-27H,2-5,14-17H2,1H3/t18-,19+. The fraction of sp³-hybridized carbons (Fsp3) is 0.520. The number of rotatable bonds is 3. The van der Waals surface area contributed by atoms with Crippen molar-refractivity contribution in [3.8, 4) is 11.5 Å². The Hall–Kier alpha value is -1.96. The van der Waals surface area contributed by atoms with E-state index in [9.17, 15) is 10.2 Å². The van der Waals surface area contributed by atoms with Crippen LogP contribution >= 0.6 is 0 Å². The van der Waals surface area contributed by atoms with Gasteiger partial charge in [0, 0.05) is 5.41 Å². The summed E-state index contributed by atoms with van der Waals surface area (Å²) in [4.78, 5) is 0. The minimum Gasteiger partial charge on any atom is -0.508 e. The molecule has 0 radical (unpaired) electrons. The molecule has 2 fully saturated rings. The Morgan fingerprint density at radius 2 is 1.04 bits per heavy atom. The maximum Gasteiger partial charge on any atom is 0.115 e. The summed E-state index contributed by atoms with van der Waals surface area (Å²) in [5.41, 5.74) is 2.59. The van der Waals surface area contributed by atoms with Crippen LogP contribution in [0.25, 0.3) is 0 Å². The molecule has 0 bridgehead atoms. The Kier molecular flexibility index (Phi) is 5.16. The molecule has 0 aromatic heterocycles. The molecule has 0 amide bonds. The first-order chi connectivity index (χ1) is 13.1. The molecule has 0 heterocycles. The summed E-state index contributed by atoms with van der Waals surface area (Å²) in [5.74, 6) is 3.34. The SMILES string of the molecule is C[C@H]1CC[C@@H](C2CCC(c3ccc(O)cc3)(c3ccc(O)cc3)CC2)CC1. The van der Waals surface area contributed by atoms with Crippen molar-refractivity contribution in [2.45, 2.75) is 63.7 Å². The quantitative estimate of drug-likeness (QED) is 0.661. The molecule has 4 rings (SSSR count). The summed E-state index contributed by atoms with van der Waals surface area (Å²) < 4.78 is 0. The van der Waals surface area contributed by atoms with Crippen LogP contribution in [-0.4, -0.2) is 10.2 Å². The van der Waals surface area contributed by atoms with E-state index in [-0.39, 0.29) is 5.41 Å². The Balaban J connectivity index is 1.59. The highest BCUT2D eigenvalue weighted by Crippen LogP contribution is 2.50. The molecule has 2 aliphatic carbocycles. The molecule has 2 aromatic rings. The van der Waals surface area contributed by atoms with Gasteiger partial charge in [-0.05, 0) is 91.7 Å². The third kappa shape index (κ3) is 3.72. The molecular formula is C25H32O2. The van der Waals surface area contributed by atoms with Crippen LogP contribution in [0.2, 0.25) is 0 Å². The molecule has 2 N–H and O–H groups in total. The zero-order valence-electron chi connectivity index (χ0n) is 16.4. The second kappa shape index (κ2) is 7.58. The first-order valence-electron chi connectivity index (χ1n) is 10.7. The first-order valence-corrected chi connectivity index (χ1v) is 10.7. The first kappa shape index (κ1) is 18.4. The maximum atomic E-state index is 9.75. The highest BCUT2D eigenvalue weighted by molar-refractivity contribution is 5.43. The van der Waals surface area contributed by atoms with Gasteiger partial charge < -0.3 is 10.2 Å². The van der Waals surface area contributed by atoms with Crippen LogP contribution < -0.4 is 0 Å². The molecule has 2 heteroatoms. The Bertz CT molecular complexity index is 683. The normalized spacial score (nSPS) is 26.0. The molecule has 2 saturated carbocycles. The fourth-order valence-corrected chi connectivity index (χ4v) is 5.67. The van der Waals surface area contributed by atoms with Gasteiger partial charge in [0.05, 0.1) is 0 Å². The zero-order chi connectivity index (χ0) is 18.9. The second-order valence-electron chi connectivity index (χ2n) is 9.03. The number of hydrogen-bond donors (Lipinski definition) is 2. The predicted octanol–water partition coefficient (Wildman–Crippen LogP) is 6.40. The van der Waals surface area contributed by atoms with E-state index >= 15 is 0 Å². The van der Waals surface area contributed by atoms with E-state index in [4.69, 9.17) is 0 Å².